The van der Waals surface area contributed by atoms with E-state index in [9.17, 15) is 14.4 Å². The molecule has 7 nitrogen and oxygen atoms in total. The predicted octanol–water partition coefficient (Wildman–Crippen LogP) is 2.53. The van der Waals surface area contributed by atoms with E-state index in [4.69, 9.17) is 0 Å². The van der Waals surface area contributed by atoms with Crippen LogP contribution < -0.4 is 10.6 Å². The highest BCUT2D eigenvalue weighted by Gasteiger charge is 2.20. The lowest BCUT2D eigenvalue weighted by atomic mass is 10.1. The Labute approximate surface area is 151 Å². The fourth-order valence-electron chi connectivity index (χ4n) is 2.87. The summed E-state index contributed by atoms with van der Waals surface area (Å²) in [5.41, 5.74) is 1.84. The molecule has 1 saturated heterocycles. The highest BCUT2D eigenvalue weighted by molar-refractivity contribution is 6.06. The Hall–Kier alpha value is -3.22. The molecule has 7 heteroatoms. The lowest BCUT2D eigenvalue weighted by Gasteiger charge is -2.15. The van der Waals surface area contributed by atoms with Gasteiger partial charge < -0.3 is 15.5 Å². The van der Waals surface area contributed by atoms with Gasteiger partial charge in [-0.3, -0.25) is 19.4 Å². The molecule has 1 aliphatic rings. The molecule has 0 spiro atoms. The van der Waals surface area contributed by atoms with Gasteiger partial charge in [-0.25, -0.2) is 0 Å². The second-order valence-electron chi connectivity index (χ2n) is 6.18. The summed E-state index contributed by atoms with van der Waals surface area (Å²) in [6, 6.07) is 8.39. The summed E-state index contributed by atoms with van der Waals surface area (Å²) in [4.78, 5) is 41.9. The molecule has 134 valence electrons. The number of nitrogens with zero attached hydrogens (tertiary/aromatic N) is 2. The molecule has 1 fully saturated rings. The quantitative estimate of drug-likeness (QED) is 0.884. The molecule has 26 heavy (non-hydrogen) atoms. The van der Waals surface area contributed by atoms with Crippen molar-refractivity contribution in [2.24, 2.45) is 0 Å². The standard InChI is InChI=1S/C19H20N4O3/c1-13(24)21-16-5-4-6-17(10-16)22-18(25)14-9-15(12-20-11-14)19(26)23-7-2-3-8-23/h4-6,9-12H,2-3,7-8H2,1H3,(H,21,24)(H,22,25). The number of benzene rings is 1. The van der Waals surface area contributed by atoms with Crippen LogP contribution in [-0.4, -0.2) is 40.7 Å². The van der Waals surface area contributed by atoms with E-state index in [1.807, 2.05) is 0 Å². The van der Waals surface area contributed by atoms with E-state index < -0.39 is 0 Å². The van der Waals surface area contributed by atoms with E-state index in [-0.39, 0.29) is 17.7 Å². The van der Waals surface area contributed by atoms with Gasteiger partial charge in [0.05, 0.1) is 11.1 Å². The van der Waals surface area contributed by atoms with Crippen molar-refractivity contribution in [2.45, 2.75) is 19.8 Å². The summed E-state index contributed by atoms with van der Waals surface area (Å²) in [6.45, 7) is 2.90. The van der Waals surface area contributed by atoms with E-state index in [1.165, 1.54) is 19.3 Å². The summed E-state index contributed by atoms with van der Waals surface area (Å²) in [5.74, 6) is -0.656. The topological polar surface area (TPSA) is 91.4 Å². The first-order valence-corrected chi connectivity index (χ1v) is 8.46. The first-order chi connectivity index (χ1) is 12.5. The third kappa shape index (κ3) is 4.24. The number of hydrogen-bond acceptors (Lipinski definition) is 4. The summed E-state index contributed by atoms with van der Waals surface area (Å²) >= 11 is 0. The molecule has 0 radical (unpaired) electrons. The van der Waals surface area contributed by atoms with E-state index >= 15 is 0 Å². The molecule has 1 aliphatic heterocycles. The Morgan fingerprint density at radius 3 is 2.31 bits per heavy atom. The normalized spacial score (nSPS) is 13.3. The Balaban J connectivity index is 1.73. The molecule has 2 aromatic rings. The van der Waals surface area contributed by atoms with E-state index in [0.717, 1.165) is 25.9 Å². The number of amides is 3. The van der Waals surface area contributed by atoms with Crippen LogP contribution in [0.1, 0.15) is 40.5 Å². The molecule has 0 aliphatic carbocycles. The van der Waals surface area contributed by atoms with Crippen molar-refractivity contribution < 1.29 is 14.4 Å². The van der Waals surface area contributed by atoms with E-state index in [1.54, 1.807) is 35.2 Å². The maximum absolute atomic E-state index is 12.5. The van der Waals surface area contributed by atoms with Crippen LogP contribution in [0.3, 0.4) is 0 Å². The number of likely N-dealkylation sites (tertiary alicyclic amines) is 1. The number of anilines is 2. The zero-order valence-corrected chi connectivity index (χ0v) is 14.5. The van der Waals surface area contributed by atoms with Crippen LogP contribution in [0.4, 0.5) is 11.4 Å². The van der Waals surface area contributed by atoms with Gasteiger partial charge in [0, 0.05) is 43.8 Å². The number of carbonyl (C=O) groups is 3. The molecule has 2 heterocycles. The first kappa shape index (κ1) is 17.6. The van der Waals surface area contributed by atoms with Crippen LogP contribution in [0.25, 0.3) is 0 Å². The number of hydrogen-bond donors (Lipinski definition) is 2. The molecule has 1 aromatic heterocycles. The molecule has 0 atom stereocenters. The average Bonchev–Trinajstić information content (AvgIpc) is 3.15. The molecule has 3 rings (SSSR count). The van der Waals surface area contributed by atoms with Gasteiger partial charge in [-0.15, -0.1) is 0 Å². The van der Waals surface area contributed by atoms with Crippen LogP contribution in [0, 0.1) is 0 Å². The van der Waals surface area contributed by atoms with E-state index in [2.05, 4.69) is 15.6 Å². The Bertz CT molecular complexity index is 844. The second kappa shape index (κ2) is 7.77. The average molecular weight is 352 g/mol. The molecular formula is C19H20N4O3. The molecule has 2 N–H and O–H groups in total. The molecular weight excluding hydrogens is 332 g/mol. The van der Waals surface area contributed by atoms with Gasteiger partial charge in [0.25, 0.3) is 11.8 Å². The van der Waals surface area contributed by atoms with Crippen molar-refractivity contribution in [1.29, 1.82) is 0 Å². The molecule has 3 amide bonds. The first-order valence-electron chi connectivity index (χ1n) is 8.46. The number of nitrogens with one attached hydrogen (secondary N) is 2. The van der Waals surface area contributed by atoms with Crippen LogP contribution in [0.5, 0.6) is 0 Å². The van der Waals surface area contributed by atoms with Crippen LogP contribution in [0.15, 0.2) is 42.7 Å². The van der Waals surface area contributed by atoms with Gasteiger partial charge in [-0.1, -0.05) is 6.07 Å². The Morgan fingerprint density at radius 1 is 0.962 bits per heavy atom. The fraction of sp³-hybridized carbons (Fsp3) is 0.263. The lowest BCUT2D eigenvalue weighted by Crippen LogP contribution is -2.28. The fourth-order valence-corrected chi connectivity index (χ4v) is 2.87. The third-order valence-corrected chi connectivity index (χ3v) is 4.08. The van der Waals surface area contributed by atoms with Gasteiger partial charge in [-0.2, -0.15) is 0 Å². The van der Waals surface area contributed by atoms with Crippen LogP contribution in [-0.2, 0) is 4.79 Å². The van der Waals surface area contributed by atoms with Crippen molar-refractivity contribution in [2.75, 3.05) is 23.7 Å². The monoisotopic (exact) mass is 352 g/mol. The Morgan fingerprint density at radius 2 is 1.62 bits per heavy atom. The zero-order chi connectivity index (χ0) is 18.5. The molecule has 0 bridgehead atoms. The SMILES string of the molecule is CC(=O)Nc1cccc(NC(=O)c2cncc(C(=O)N3CCCC3)c2)c1. The summed E-state index contributed by atoms with van der Waals surface area (Å²) in [6.07, 6.45) is 4.91. The highest BCUT2D eigenvalue weighted by Crippen LogP contribution is 2.17. The van der Waals surface area contributed by atoms with Gasteiger partial charge in [-0.05, 0) is 37.1 Å². The minimum absolute atomic E-state index is 0.0997. The minimum atomic E-state index is -0.367. The largest absolute Gasteiger partial charge is 0.339 e. The van der Waals surface area contributed by atoms with Crippen LogP contribution in [0.2, 0.25) is 0 Å². The predicted molar refractivity (Wildman–Crippen MR) is 98.1 cm³/mol. The Kier molecular flexibility index (Phi) is 5.26. The smallest absolute Gasteiger partial charge is 0.257 e. The summed E-state index contributed by atoms with van der Waals surface area (Å²) in [7, 11) is 0. The van der Waals surface area contributed by atoms with Gasteiger partial charge >= 0.3 is 0 Å². The number of carbonyl (C=O) groups excluding carboxylic acids is 3. The van der Waals surface area contributed by atoms with Gasteiger partial charge in [0.1, 0.15) is 0 Å². The van der Waals surface area contributed by atoms with Gasteiger partial charge in [0.2, 0.25) is 5.91 Å². The second-order valence-corrected chi connectivity index (χ2v) is 6.18. The summed E-state index contributed by atoms with van der Waals surface area (Å²) < 4.78 is 0. The van der Waals surface area contributed by atoms with Crippen molar-refractivity contribution in [3.63, 3.8) is 0 Å². The van der Waals surface area contributed by atoms with E-state index in [0.29, 0.717) is 22.5 Å². The molecule has 0 saturated carbocycles. The van der Waals surface area contributed by atoms with Gasteiger partial charge in [0.15, 0.2) is 0 Å². The van der Waals surface area contributed by atoms with Crippen molar-refractivity contribution in [3.8, 4) is 0 Å². The minimum Gasteiger partial charge on any atom is -0.339 e. The number of rotatable bonds is 4. The summed E-state index contributed by atoms with van der Waals surface area (Å²) in [5, 5.41) is 5.41. The van der Waals surface area contributed by atoms with Crippen LogP contribution >= 0.6 is 0 Å². The van der Waals surface area contributed by atoms with Crippen molar-refractivity contribution >= 4 is 29.1 Å². The maximum atomic E-state index is 12.5. The molecule has 1 aromatic carbocycles. The highest BCUT2D eigenvalue weighted by atomic mass is 16.2. The maximum Gasteiger partial charge on any atom is 0.257 e. The number of aromatic nitrogens is 1. The van der Waals surface area contributed by atoms with Crippen molar-refractivity contribution in [1.82, 2.24) is 9.88 Å². The lowest BCUT2D eigenvalue weighted by molar-refractivity contribution is -0.114. The number of pyridine rings is 1. The zero-order valence-electron chi connectivity index (χ0n) is 14.5. The molecule has 0 unspecified atom stereocenters. The third-order valence-electron chi connectivity index (χ3n) is 4.08. The van der Waals surface area contributed by atoms with Crippen molar-refractivity contribution in [3.05, 3.63) is 53.9 Å².